The lowest BCUT2D eigenvalue weighted by molar-refractivity contribution is -0.137. The second-order valence-electron chi connectivity index (χ2n) is 5.89. The fraction of sp³-hybridized carbons (Fsp3) is 0.158. The third kappa shape index (κ3) is 5.89. The van der Waals surface area contributed by atoms with E-state index >= 15 is 0 Å². The van der Waals surface area contributed by atoms with Gasteiger partial charge in [-0.05, 0) is 36.4 Å². The van der Waals surface area contributed by atoms with Gasteiger partial charge in [0.25, 0.3) is 5.91 Å². The Morgan fingerprint density at radius 2 is 1.66 bits per heavy atom. The van der Waals surface area contributed by atoms with Crippen LogP contribution in [0.4, 0.5) is 30.6 Å². The van der Waals surface area contributed by atoms with Gasteiger partial charge >= 0.3 is 6.18 Å². The molecule has 0 unspecified atom stereocenters. The summed E-state index contributed by atoms with van der Waals surface area (Å²) in [6, 6.07) is 11.2. The molecular formula is C19H17F3N6O. The molecular weight excluding hydrogens is 385 g/mol. The van der Waals surface area contributed by atoms with Crippen molar-refractivity contribution in [2.24, 2.45) is 0 Å². The zero-order chi connectivity index (χ0) is 20.7. The number of benzene rings is 1. The number of amides is 1. The lowest BCUT2D eigenvalue weighted by Crippen LogP contribution is -2.29. The van der Waals surface area contributed by atoms with Crippen molar-refractivity contribution in [2.45, 2.75) is 6.18 Å². The van der Waals surface area contributed by atoms with E-state index in [-0.39, 0.29) is 12.1 Å². The zero-order valence-corrected chi connectivity index (χ0v) is 15.1. The summed E-state index contributed by atoms with van der Waals surface area (Å²) >= 11 is 0. The van der Waals surface area contributed by atoms with Gasteiger partial charge in [-0.25, -0.2) is 15.0 Å². The fourth-order valence-corrected chi connectivity index (χ4v) is 2.37. The quantitative estimate of drug-likeness (QED) is 0.524. The second kappa shape index (κ2) is 9.00. The molecule has 0 fully saturated rings. The van der Waals surface area contributed by atoms with Crippen LogP contribution in [0.3, 0.4) is 0 Å². The molecule has 0 aliphatic rings. The van der Waals surface area contributed by atoms with E-state index in [1.807, 2.05) is 6.07 Å². The Hall–Kier alpha value is -3.69. The van der Waals surface area contributed by atoms with Crippen molar-refractivity contribution in [3.8, 4) is 0 Å². The molecule has 29 heavy (non-hydrogen) atoms. The van der Waals surface area contributed by atoms with Crippen LogP contribution >= 0.6 is 0 Å². The van der Waals surface area contributed by atoms with E-state index in [1.165, 1.54) is 6.33 Å². The number of alkyl halides is 3. The topological polar surface area (TPSA) is 91.8 Å². The zero-order valence-electron chi connectivity index (χ0n) is 15.1. The van der Waals surface area contributed by atoms with Crippen molar-refractivity contribution >= 4 is 23.4 Å². The average Bonchev–Trinajstić information content (AvgIpc) is 2.71. The molecule has 0 bridgehead atoms. The first-order valence-electron chi connectivity index (χ1n) is 8.61. The molecule has 0 aliphatic carbocycles. The lowest BCUT2D eigenvalue weighted by atomic mass is 10.1. The Morgan fingerprint density at radius 1 is 0.897 bits per heavy atom. The molecule has 150 valence electrons. The molecule has 0 radical (unpaired) electrons. The van der Waals surface area contributed by atoms with Crippen LogP contribution in [0.5, 0.6) is 0 Å². The second-order valence-corrected chi connectivity index (χ2v) is 5.89. The number of aromatic nitrogens is 3. The molecule has 0 saturated heterocycles. The van der Waals surface area contributed by atoms with Gasteiger partial charge in [0.2, 0.25) is 0 Å². The summed E-state index contributed by atoms with van der Waals surface area (Å²) in [6.07, 6.45) is -1.39. The first kappa shape index (κ1) is 20.1. The molecule has 7 nitrogen and oxygen atoms in total. The minimum absolute atomic E-state index is 0.155. The summed E-state index contributed by atoms with van der Waals surface area (Å²) in [4.78, 5) is 24.3. The molecule has 0 saturated carbocycles. The lowest BCUT2D eigenvalue weighted by Gasteiger charge is -2.10. The Bertz CT molecular complexity index is 948. The first-order chi connectivity index (χ1) is 13.9. The van der Waals surface area contributed by atoms with Crippen molar-refractivity contribution in [2.75, 3.05) is 23.7 Å². The maximum absolute atomic E-state index is 12.6. The minimum atomic E-state index is -4.43. The van der Waals surface area contributed by atoms with Crippen molar-refractivity contribution in [3.63, 3.8) is 0 Å². The van der Waals surface area contributed by atoms with E-state index in [0.29, 0.717) is 24.0 Å². The van der Waals surface area contributed by atoms with Crippen molar-refractivity contribution in [1.82, 2.24) is 20.3 Å². The van der Waals surface area contributed by atoms with Gasteiger partial charge in [-0.2, -0.15) is 13.2 Å². The van der Waals surface area contributed by atoms with E-state index < -0.39 is 17.6 Å². The van der Waals surface area contributed by atoms with Crippen LogP contribution in [-0.2, 0) is 6.18 Å². The Balaban J connectivity index is 1.46. The summed E-state index contributed by atoms with van der Waals surface area (Å²) in [6.45, 7) is 0.624. The Labute approximate surface area is 164 Å². The van der Waals surface area contributed by atoms with E-state index in [2.05, 4.69) is 30.9 Å². The van der Waals surface area contributed by atoms with Gasteiger partial charge in [-0.1, -0.05) is 6.07 Å². The highest BCUT2D eigenvalue weighted by molar-refractivity contribution is 5.94. The van der Waals surface area contributed by atoms with Crippen LogP contribution in [0.15, 0.2) is 61.1 Å². The predicted octanol–water partition coefficient (Wildman–Crippen LogP) is 3.48. The van der Waals surface area contributed by atoms with Gasteiger partial charge in [-0.15, -0.1) is 0 Å². The van der Waals surface area contributed by atoms with E-state index in [0.717, 1.165) is 24.3 Å². The number of nitrogens with one attached hydrogen (secondary N) is 3. The maximum Gasteiger partial charge on any atom is 0.416 e. The normalized spacial score (nSPS) is 11.0. The molecule has 0 atom stereocenters. The third-order valence-electron chi connectivity index (χ3n) is 3.78. The van der Waals surface area contributed by atoms with Crippen LogP contribution < -0.4 is 16.0 Å². The number of carbonyl (C=O) groups excluding carboxylic acids is 1. The number of carbonyl (C=O) groups is 1. The molecule has 2 heterocycles. The van der Waals surface area contributed by atoms with Gasteiger partial charge in [-0.3, -0.25) is 4.79 Å². The standard InChI is InChI=1S/C19H17F3N6O/c20-19(21,22)14-6-4-13(5-7-14)18(29)25-10-9-24-16-11-17(27-12-26-16)28-15-3-1-2-8-23-15/h1-8,11-12H,9-10H2,(H,25,29)(H2,23,24,26,27,28). The number of nitrogens with zero attached hydrogens (tertiary/aromatic N) is 3. The van der Waals surface area contributed by atoms with Gasteiger partial charge in [0.1, 0.15) is 23.8 Å². The third-order valence-corrected chi connectivity index (χ3v) is 3.78. The average molecular weight is 402 g/mol. The molecule has 1 amide bonds. The summed E-state index contributed by atoms with van der Waals surface area (Å²) in [5.41, 5.74) is -0.642. The van der Waals surface area contributed by atoms with Crippen molar-refractivity contribution in [3.05, 3.63) is 72.2 Å². The molecule has 1 aromatic carbocycles. The van der Waals surface area contributed by atoms with Crippen LogP contribution in [-0.4, -0.2) is 33.9 Å². The van der Waals surface area contributed by atoms with E-state index in [9.17, 15) is 18.0 Å². The van der Waals surface area contributed by atoms with Crippen LogP contribution in [0.2, 0.25) is 0 Å². The number of anilines is 3. The number of rotatable bonds is 7. The Morgan fingerprint density at radius 3 is 2.34 bits per heavy atom. The first-order valence-corrected chi connectivity index (χ1v) is 8.61. The van der Waals surface area contributed by atoms with E-state index in [4.69, 9.17) is 0 Å². The maximum atomic E-state index is 12.6. The van der Waals surface area contributed by atoms with Crippen molar-refractivity contribution < 1.29 is 18.0 Å². The predicted molar refractivity (Wildman–Crippen MR) is 102 cm³/mol. The van der Waals surface area contributed by atoms with Crippen LogP contribution in [0.1, 0.15) is 15.9 Å². The number of pyridine rings is 1. The highest BCUT2D eigenvalue weighted by Gasteiger charge is 2.30. The molecule has 3 N–H and O–H groups in total. The molecule has 3 rings (SSSR count). The van der Waals surface area contributed by atoms with Crippen LogP contribution in [0, 0.1) is 0 Å². The fourth-order valence-electron chi connectivity index (χ4n) is 2.37. The summed E-state index contributed by atoms with van der Waals surface area (Å²) in [5.74, 6) is 1.28. The highest BCUT2D eigenvalue weighted by Crippen LogP contribution is 2.29. The van der Waals surface area contributed by atoms with E-state index in [1.54, 1.807) is 24.4 Å². The summed E-state index contributed by atoms with van der Waals surface area (Å²) in [5, 5.41) is 8.70. The molecule has 2 aromatic heterocycles. The SMILES string of the molecule is O=C(NCCNc1cc(Nc2ccccn2)ncn1)c1ccc(C(F)(F)F)cc1. The van der Waals surface area contributed by atoms with Crippen molar-refractivity contribution in [1.29, 1.82) is 0 Å². The monoisotopic (exact) mass is 402 g/mol. The Kier molecular flexibility index (Phi) is 6.22. The largest absolute Gasteiger partial charge is 0.416 e. The molecule has 3 aromatic rings. The van der Waals surface area contributed by atoms with Gasteiger partial charge in [0.05, 0.1) is 5.56 Å². The number of halogens is 3. The minimum Gasteiger partial charge on any atom is -0.368 e. The van der Waals surface area contributed by atoms with Gasteiger partial charge in [0.15, 0.2) is 0 Å². The van der Waals surface area contributed by atoms with Crippen LogP contribution in [0.25, 0.3) is 0 Å². The summed E-state index contributed by atoms with van der Waals surface area (Å²) in [7, 11) is 0. The molecule has 0 aliphatic heterocycles. The number of hydrogen-bond acceptors (Lipinski definition) is 6. The smallest absolute Gasteiger partial charge is 0.368 e. The summed E-state index contributed by atoms with van der Waals surface area (Å²) < 4.78 is 37.7. The molecule has 10 heteroatoms. The van der Waals surface area contributed by atoms with Gasteiger partial charge in [0, 0.05) is 30.9 Å². The molecule has 0 spiro atoms. The number of hydrogen-bond donors (Lipinski definition) is 3. The van der Waals surface area contributed by atoms with Gasteiger partial charge < -0.3 is 16.0 Å². The highest BCUT2D eigenvalue weighted by atomic mass is 19.4.